The van der Waals surface area contributed by atoms with Gasteiger partial charge in [0.25, 0.3) is 0 Å². The van der Waals surface area contributed by atoms with E-state index in [1.165, 1.54) is 45.4 Å². The highest BCUT2D eigenvalue weighted by Crippen LogP contribution is 2.24. The van der Waals surface area contributed by atoms with Gasteiger partial charge in [-0.3, -0.25) is 0 Å². The normalized spacial score (nSPS) is 17.3. The molecule has 0 unspecified atom stereocenters. The van der Waals surface area contributed by atoms with Crippen LogP contribution >= 0.6 is 0 Å². The van der Waals surface area contributed by atoms with E-state index in [0.29, 0.717) is 0 Å². The third-order valence-corrected chi connectivity index (χ3v) is 2.93. The Hall–Kier alpha value is -0.0800. The number of rotatable bonds is 7. The maximum atomic E-state index is 2.54. The van der Waals surface area contributed by atoms with Gasteiger partial charge in [-0.05, 0) is 39.4 Å². The average Bonchev–Trinajstić information content (AvgIpc) is 2.94. The molecule has 1 aliphatic carbocycles. The summed E-state index contributed by atoms with van der Waals surface area (Å²) in [6, 6.07) is 0.917. The molecule has 78 valence electrons. The Balaban J connectivity index is 2.06. The molecule has 2 nitrogen and oxygen atoms in total. The lowest BCUT2D eigenvalue weighted by molar-refractivity contribution is 0.228. The summed E-state index contributed by atoms with van der Waals surface area (Å²) in [4.78, 5) is 5.05. The van der Waals surface area contributed by atoms with E-state index in [9.17, 15) is 0 Å². The molecule has 0 spiro atoms. The van der Waals surface area contributed by atoms with Crippen molar-refractivity contribution in [2.45, 2.75) is 39.2 Å². The second-order valence-electron chi connectivity index (χ2n) is 4.15. The van der Waals surface area contributed by atoms with Gasteiger partial charge in [0.2, 0.25) is 0 Å². The molecular formula is C11H24N2. The molecule has 1 fully saturated rings. The van der Waals surface area contributed by atoms with Gasteiger partial charge in [-0.15, -0.1) is 0 Å². The summed E-state index contributed by atoms with van der Waals surface area (Å²) in [7, 11) is 2.26. The summed E-state index contributed by atoms with van der Waals surface area (Å²) >= 11 is 0. The molecular weight excluding hydrogens is 160 g/mol. The van der Waals surface area contributed by atoms with Crippen LogP contribution in [0.1, 0.15) is 33.1 Å². The van der Waals surface area contributed by atoms with Crippen LogP contribution in [0.5, 0.6) is 0 Å². The Kier molecular flexibility index (Phi) is 4.74. The summed E-state index contributed by atoms with van der Waals surface area (Å²) in [6.07, 6.45) is 4.13. The van der Waals surface area contributed by atoms with E-state index in [0.717, 1.165) is 6.04 Å². The predicted octanol–water partition coefficient (Wildman–Crippen LogP) is 1.81. The molecule has 0 aromatic heterocycles. The third-order valence-electron chi connectivity index (χ3n) is 2.93. The van der Waals surface area contributed by atoms with Crippen LogP contribution in [-0.2, 0) is 0 Å². The maximum absolute atomic E-state index is 2.54. The van der Waals surface area contributed by atoms with Gasteiger partial charge in [0, 0.05) is 19.1 Å². The Bertz CT molecular complexity index is 132. The van der Waals surface area contributed by atoms with Crippen molar-refractivity contribution in [1.29, 1.82) is 0 Å². The van der Waals surface area contributed by atoms with E-state index < -0.39 is 0 Å². The highest BCUT2D eigenvalue weighted by atomic mass is 15.2. The second kappa shape index (κ2) is 5.61. The van der Waals surface area contributed by atoms with Gasteiger partial charge in [0.05, 0.1) is 0 Å². The lowest BCUT2D eigenvalue weighted by Crippen LogP contribution is -2.34. The fraction of sp³-hybridized carbons (Fsp3) is 1.00. The minimum Gasteiger partial charge on any atom is -0.302 e. The topological polar surface area (TPSA) is 6.48 Å². The van der Waals surface area contributed by atoms with Crippen LogP contribution in [0.15, 0.2) is 0 Å². The van der Waals surface area contributed by atoms with Crippen LogP contribution in [-0.4, -0.2) is 49.1 Å². The smallest absolute Gasteiger partial charge is 0.0109 e. The maximum Gasteiger partial charge on any atom is 0.0109 e. The highest BCUT2D eigenvalue weighted by Gasteiger charge is 2.25. The SMILES string of the molecule is CCCN(CC)CCN(C)C1CC1. The first-order valence-corrected chi connectivity index (χ1v) is 5.70. The molecule has 0 amide bonds. The number of likely N-dealkylation sites (N-methyl/N-ethyl adjacent to an activating group) is 2. The van der Waals surface area contributed by atoms with Crippen molar-refractivity contribution in [3.05, 3.63) is 0 Å². The summed E-state index contributed by atoms with van der Waals surface area (Å²) < 4.78 is 0. The molecule has 0 aliphatic heterocycles. The Morgan fingerprint density at radius 3 is 2.23 bits per heavy atom. The Morgan fingerprint density at radius 2 is 1.77 bits per heavy atom. The Labute approximate surface area is 82.9 Å². The molecule has 2 heteroatoms. The van der Waals surface area contributed by atoms with Crippen LogP contribution in [0.3, 0.4) is 0 Å². The van der Waals surface area contributed by atoms with E-state index in [-0.39, 0.29) is 0 Å². The lowest BCUT2D eigenvalue weighted by Gasteiger charge is -2.23. The molecule has 0 bridgehead atoms. The van der Waals surface area contributed by atoms with Crippen LogP contribution in [0, 0.1) is 0 Å². The molecule has 0 aromatic carbocycles. The molecule has 13 heavy (non-hydrogen) atoms. The van der Waals surface area contributed by atoms with Gasteiger partial charge in [0.1, 0.15) is 0 Å². The van der Waals surface area contributed by atoms with E-state index in [1.807, 2.05) is 0 Å². The fourth-order valence-corrected chi connectivity index (χ4v) is 1.74. The average molecular weight is 184 g/mol. The first-order chi connectivity index (χ1) is 6.27. The van der Waals surface area contributed by atoms with E-state index >= 15 is 0 Å². The fourth-order valence-electron chi connectivity index (χ4n) is 1.74. The molecule has 0 N–H and O–H groups in total. The van der Waals surface area contributed by atoms with E-state index in [2.05, 4.69) is 30.7 Å². The molecule has 0 heterocycles. The van der Waals surface area contributed by atoms with E-state index in [1.54, 1.807) is 0 Å². The van der Waals surface area contributed by atoms with Crippen molar-refractivity contribution >= 4 is 0 Å². The first-order valence-electron chi connectivity index (χ1n) is 5.70. The number of hydrogen-bond donors (Lipinski definition) is 0. The molecule has 0 radical (unpaired) electrons. The van der Waals surface area contributed by atoms with Gasteiger partial charge in [-0.2, -0.15) is 0 Å². The Morgan fingerprint density at radius 1 is 1.08 bits per heavy atom. The van der Waals surface area contributed by atoms with Crippen LogP contribution in [0.2, 0.25) is 0 Å². The molecule has 0 atom stereocenters. The third kappa shape index (κ3) is 4.10. The van der Waals surface area contributed by atoms with Crippen molar-refractivity contribution < 1.29 is 0 Å². The number of hydrogen-bond acceptors (Lipinski definition) is 2. The van der Waals surface area contributed by atoms with Crippen molar-refractivity contribution in [2.75, 3.05) is 33.2 Å². The van der Waals surface area contributed by atoms with Gasteiger partial charge in [0.15, 0.2) is 0 Å². The van der Waals surface area contributed by atoms with Crippen LogP contribution < -0.4 is 0 Å². The van der Waals surface area contributed by atoms with Crippen molar-refractivity contribution in [3.63, 3.8) is 0 Å². The van der Waals surface area contributed by atoms with Gasteiger partial charge < -0.3 is 9.80 Å². The monoisotopic (exact) mass is 184 g/mol. The molecule has 0 saturated heterocycles. The standard InChI is InChI=1S/C11H24N2/c1-4-8-13(5-2)10-9-12(3)11-6-7-11/h11H,4-10H2,1-3H3. The molecule has 1 saturated carbocycles. The largest absolute Gasteiger partial charge is 0.302 e. The van der Waals surface area contributed by atoms with Gasteiger partial charge >= 0.3 is 0 Å². The summed E-state index contributed by atoms with van der Waals surface area (Å²) in [5.41, 5.74) is 0. The first kappa shape index (κ1) is 11.0. The van der Waals surface area contributed by atoms with E-state index in [4.69, 9.17) is 0 Å². The zero-order valence-electron chi connectivity index (χ0n) is 9.42. The summed E-state index contributed by atoms with van der Waals surface area (Å²) in [5.74, 6) is 0. The molecule has 1 aliphatic rings. The zero-order chi connectivity index (χ0) is 9.68. The van der Waals surface area contributed by atoms with Crippen LogP contribution in [0.25, 0.3) is 0 Å². The van der Waals surface area contributed by atoms with Crippen LogP contribution in [0.4, 0.5) is 0 Å². The number of nitrogens with zero attached hydrogens (tertiary/aromatic N) is 2. The predicted molar refractivity (Wildman–Crippen MR) is 58.1 cm³/mol. The molecule has 1 rings (SSSR count). The van der Waals surface area contributed by atoms with Crippen molar-refractivity contribution in [2.24, 2.45) is 0 Å². The lowest BCUT2D eigenvalue weighted by atomic mass is 10.4. The van der Waals surface area contributed by atoms with Gasteiger partial charge in [-0.1, -0.05) is 13.8 Å². The highest BCUT2D eigenvalue weighted by molar-refractivity contribution is 4.82. The van der Waals surface area contributed by atoms with Crippen molar-refractivity contribution in [3.8, 4) is 0 Å². The summed E-state index contributed by atoms with van der Waals surface area (Å²) in [6.45, 7) is 9.47. The summed E-state index contributed by atoms with van der Waals surface area (Å²) in [5, 5.41) is 0. The van der Waals surface area contributed by atoms with Gasteiger partial charge in [-0.25, -0.2) is 0 Å². The minimum atomic E-state index is 0.917. The molecule has 0 aromatic rings. The zero-order valence-corrected chi connectivity index (χ0v) is 9.42. The minimum absolute atomic E-state index is 0.917. The quantitative estimate of drug-likeness (QED) is 0.595. The second-order valence-corrected chi connectivity index (χ2v) is 4.15. The van der Waals surface area contributed by atoms with Crippen molar-refractivity contribution in [1.82, 2.24) is 9.80 Å².